The molecule has 1 aliphatic carbocycles. The standard InChI is InChI=1S/C37H26N2O/c1-37(2)29-21-25(17-18-26(29)27-19-20-33-34(35(27)37)28-15-9-10-16-32(28)40-33)31-22-30(23-11-5-3-6-12-23)38-36(39-31)24-13-7-4-8-14-24/h3-22H,1-2H3. The fourth-order valence-electron chi connectivity index (χ4n) is 6.35. The third-order valence-corrected chi connectivity index (χ3v) is 8.27. The van der Waals surface area contributed by atoms with E-state index in [1.807, 2.05) is 30.3 Å². The van der Waals surface area contributed by atoms with Crippen molar-refractivity contribution in [2.75, 3.05) is 0 Å². The van der Waals surface area contributed by atoms with Crippen LogP contribution in [-0.4, -0.2) is 9.97 Å². The maximum Gasteiger partial charge on any atom is 0.160 e. The second-order valence-corrected chi connectivity index (χ2v) is 11.0. The zero-order valence-corrected chi connectivity index (χ0v) is 22.3. The molecule has 40 heavy (non-hydrogen) atoms. The summed E-state index contributed by atoms with van der Waals surface area (Å²) in [4.78, 5) is 10.0. The van der Waals surface area contributed by atoms with E-state index >= 15 is 0 Å². The smallest absolute Gasteiger partial charge is 0.160 e. The Balaban J connectivity index is 1.33. The predicted molar refractivity (Wildman–Crippen MR) is 163 cm³/mol. The van der Waals surface area contributed by atoms with E-state index in [-0.39, 0.29) is 5.41 Å². The van der Waals surface area contributed by atoms with Gasteiger partial charge in [0.1, 0.15) is 11.2 Å². The number of fused-ring (bicyclic) bond motifs is 7. The van der Waals surface area contributed by atoms with Gasteiger partial charge in [-0.15, -0.1) is 0 Å². The lowest BCUT2D eigenvalue weighted by Crippen LogP contribution is -2.15. The van der Waals surface area contributed by atoms with Gasteiger partial charge in [0.25, 0.3) is 0 Å². The van der Waals surface area contributed by atoms with E-state index in [1.54, 1.807) is 0 Å². The van der Waals surface area contributed by atoms with Gasteiger partial charge >= 0.3 is 0 Å². The molecule has 0 amide bonds. The molecule has 2 aromatic heterocycles. The molecule has 0 atom stereocenters. The maximum atomic E-state index is 6.26. The molecule has 8 rings (SSSR count). The number of hydrogen-bond donors (Lipinski definition) is 0. The van der Waals surface area contributed by atoms with Gasteiger partial charge in [-0.2, -0.15) is 0 Å². The van der Waals surface area contributed by atoms with Crippen LogP contribution in [0.3, 0.4) is 0 Å². The Kier molecular flexibility index (Phi) is 4.86. The lowest BCUT2D eigenvalue weighted by Gasteiger charge is -2.23. The largest absolute Gasteiger partial charge is 0.456 e. The molecule has 0 saturated heterocycles. The molecular weight excluding hydrogens is 488 g/mol. The van der Waals surface area contributed by atoms with E-state index in [1.165, 1.54) is 33.0 Å². The molecule has 0 unspecified atom stereocenters. The molecule has 0 spiro atoms. The number of aromatic nitrogens is 2. The first-order valence-corrected chi connectivity index (χ1v) is 13.7. The van der Waals surface area contributed by atoms with Gasteiger partial charge in [0.05, 0.1) is 11.4 Å². The zero-order valence-electron chi connectivity index (χ0n) is 22.3. The quantitative estimate of drug-likeness (QED) is 0.236. The molecular formula is C37H26N2O. The Morgan fingerprint density at radius 2 is 1.20 bits per heavy atom. The Morgan fingerprint density at radius 3 is 1.98 bits per heavy atom. The third kappa shape index (κ3) is 3.37. The van der Waals surface area contributed by atoms with Gasteiger partial charge in [-0.3, -0.25) is 0 Å². The summed E-state index contributed by atoms with van der Waals surface area (Å²) in [5.74, 6) is 0.728. The minimum absolute atomic E-state index is 0.204. The van der Waals surface area contributed by atoms with Crippen molar-refractivity contribution >= 4 is 21.9 Å². The van der Waals surface area contributed by atoms with Gasteiger partial charge in [-0.1, -0.05) is 111 Å². The average molecular weight is 515 g/mol. The highest BCUT2D eigenvalue weighted by atomic mass is 16.3. The number of rotatable bonds is 3. The molecule has 5 aromatic carbocycles. The highest BCUT2D eigenvalue weighted by molar-refractivity contribution is 6.11. The summed E-state index contributed by atoms with van der Waals surface area (Å²) in [6.07, 6.45) is 0. The topological polar surface area (TPSA) is 38.9 Å². The fraction of sp³-hybridized carbons (Fsp3) is 0.0811. The van der Waals surface area contributed by atoms with Crippen LogP contribution in [0.15, 0.2) is 126 Å². The van der Waals surface area contributed by atoms with Gasteiger partial charge in [0, 0.05) is 32.9 Å². The highest BCUT2D eigenvalue weighted by Gasteiger charge is 2.38. The first-order valence-electron chi connectivity index (χ1n) is 13.7. The van der Waals surface area contributed by atoms with E-state index in [2.05, 4.69) is 105 Å². The summed E-state index contributed by atoms with van der Waals surface area (Å²) >= 11 is 0. The number of hydrogen-bond acceptors (Lipinski definition) is 3. The van der Waals surface area contributed by atoms with E-state index in [9.17, 15) is 0 Å². The third-order valence-electron chi connectivity index (χ3n) is 8.27. The first-order chi connectivity index (χ1) is 19.6. The summed E-state index contributed by atoms with van der Waals surface area (Å²) in [6, 6.07) is 42.1. The van der Waals surface area contributed by atoms with Crippen molar-refractivity contribution in [3.8, 4) is 45.0 Å². The second-order valence-electron chi connectivity index (χ2n) is 11.0. The summed E-state index contributed by atoms with van der Waals surface area (Å²) in [5, 5.41) is 2.39. The van der Waals surface area contributed by atoms with Crippen LogP contribution in [0.1, 0.15) is 25.0 Å². The number of nitrogens with zero attached hydrogens (tertiary/aromatic N) is 2. The van der Waals surface area contributed by atoms with Crippen molar-refractivity contribution in [2.45, 2.75) is 19.3 Å². The van der Waals surface area contributed by atoms with Gasteiger partial charge in [-0.25, -0.2) is 9.97 Å². The number of furan rings is 1. The molecule has 1 aliphatic rings. The normalized spacial score (nSPS) is 13.4. The van der Waals surface area contributed by atoms with Gasteiger partial charge < -0.3 is 4.42 Å². The molecule has 3 heteroatoms. The minimum Gasteiger partial charge on any atom is -0.456 e. The fourth-order valence-corrected chi connectivity index (χ4v) is 6.35. The van der Waals surface area contributed by atoms with Crippen LogP contribution >= 0.6 is 0 Å². The predicted octanol–water partition coefficient (Wildman–Crippen LogP) is 9.68. The summed E-state index contributed by atoms with van der Waals surface area (Å²) in [7, 11) is 0. The monoisotopic (exact) mass is 514 g/mol. The van der Waals surface area contributed by atoms with Crippen molar-refractivity contribution < 1.29 is 4.42 Å². The Hall–Kier alpha value is -5.02. The minimum atomic E-state index is -0.204. The Bertz CT molecular complexity index is 2010. The van der Waals surface area contributed by atoms with Gasteiger partial charge in [0.15, 0.2) is 5.82 Å². The van der Waals surface area contributed by atoms with E-state index in [4.69, 9.17) is 14.4 Å². The van der Waals surface area contributed by atoms with Crippen LogP contribution in [-0.2, 0) is 5.41 Å². The highest BCUT2D eigenvalue weighted by Crippen LogP contribution is 2.53. The molecule has 7 aromatic rings. The van der Waals surface area contributed by atoms with Crippen LogP contribution in [0, 0.1) is 0 Å². The van der Waals surface area contributed by atoms with Crippen molar-refractivity contribution in [3.05, 3.63) is 132 Å². The number of para-hydroxylation sites is 1. The van der Waals surface area contributed by atoms with Crippen LogP contribution in [0.5, 0.6) is 0 Å². The van der Waals surface area contributed by atoms with E-state index < -0.39 is 0 Å². The molecule has 0 fully saturated rings. The lowest BCUT2D eigenvalue weighted by atomic mass is 9.80. The zero-order chi connectivity index (χ0) is 26.8. The molecule has 0 saturated carbocycles. The van der Waals surface area contributed by atoms with Crippen LogP contribution in [0.4, 0.5) is 0 Å². The molecule has 0 aliphatic heterocycles. The second kappa shape index (κ2) is 8.49. The van der Waals surface area contributed by atoms with Crippen LogP contribution in [0.25, 0.3) is 67.0 Å². The number of benzene rings is 5. The summed E-state index contributed by atoms with van der Waals surface area (Å²) in [6.45, 7) is 4.65. The van der Waals surface area contributed by atoms with Gasteiger partial charge in [0.2, 0.25) is 0 Å². The lowest BCUT2D eigenvalue weighted by molar-refractivity contribution is 0.657. The Labute approximate surface area is 232 Å². The van der Waals surface area contributed by atoms with Crippen LogP contribution < -0.4 is 0 Å². The van der Waals surface area contributed by atoms with Crippen molar-refractivity contribution in [2.24, 2.45) is 0 Å². The first kappa shape index (κ1) is 22.9. The van der Waals surface area contributed by atoms with Crippen molar-refractivity contribution in [1.82, 2.24) is 9.97 Å². The Morgan fingerprint density at radius 1 is 0.550 bits per heavy atom. The van der Waals surface area contributed by atoms with Crippen molar-refractivity contribution in [3.63, 3.8) is 0 Å². The van der Waals surface area contributed by atoms with E-state index in [0.717, 1.165) is 45.1 Å². The maximum absolute atomic E-state index is 6.26. The molecule has 0 radical (unpaired) electrons. The summed E-state index contributed by atoms with van der Waals surface area (Å²) in [5.41, 5.74) is 11.9. The van der Waals surface area contributed by atoms with E-state index in [0.29, 0.717) is 0 Å². The van der Waals surface area contributed by atoms with Gasteiger partial charge in [-0.05, 0) is 46.5 Å². The molecule has 0 N–H and O–H groups in total. The van der Waals surface area contributed by atoms with Crippen molar-refractivity contribution in [1.29, 1.82) is 0 Å². The molecule has 3 nitrogen and oxygen atoms in total. The SMILES string of the molecule is CC1(C)c2cc(-c3cc(-c4ccccc4)nc(-c4ccccc4)n3)ccc2-c2ccc3oc4ccccc4c3c21. The molecule has 0 bridgehead atoms. The van der Waals surface area contributed by atoms with Crippen LogP contribution in [0.2, 0.25) is 0 Å². The molecule has 2 heterocycles. The average Bonchev–Trinajstić information content (AvgIpc) is 3.49. The summed E-state index contributed by atoms with van der Waals surface area (Å²) < 4.78 is 6.26. The molecule has 190 valence electrons.